The average molecular weight is 314 g/mol. The van der Waals surface area contributed by atoms with Crippen LogP contribution < -0.4 is 16.0 Å². The van der Waals surface area contributed by atoms with Gasteiger partial charge in [-0.05, 0) is 12.1 Å². The molecule has 0 bridgehead atoms. The molecule has 1 aliphatic heterocycles. The third kappa shape index (κ3) is 3.34. The number of carbonyl (C=O) groups excluding carboxylic acids is 3. The zero-order valence-electron chi connectivity index (χ0n) is 12.0. The minimum absolute atomic E-state index is 0.116. The lowest BCUT2D eigenvalue weighted by atomic mass is 10.2. The summed E-state index contributed by atoms with van der Waals surface area (Å²) in [6.45, 7) is 0.240. The fourth-order valence-corrected chi connectivity index (χ4v) is 2.22. The summed E-state index contributed by atoms with van der Waals surface area (Å²) >= 11 is 0. The number of nitrogens with zero attached hydrogens (tertiary/aromatic N) is 3. The van der Waals surface area contributed by atoms with Gasteiger partial charge in [-0.2, -0.15) is 5.10 Å². The van der Waals surface area contributed by atoms with E-state index in [1.165, 1.54) is 0 Å². The highest BCUT2D eigenvalue weighted by molar-refractivity contribution is 6.05. The van der Waals surface area contributed by atoms with Crippen LogP contribution in [0.15, 0.2) is 36.8 Å². The smallest absolute Gasteiger partial charge is 0.322 e. The van der Waals surface area contributed by atoms with Crippen molar-refractivity contribution < 1.29 is 14.4 Å². The maximum atomic E-state index is 11.9. The molecule has 23 heavy (non-hydrogen) atoms. The Morgan fingerprint density at radius 2 is 2.17 bits per heavy atom. The minimum atomic E-state index is -0.831. The lowest BCUT2D eigenvalue weighted by Gasteiger charge is -2.11. The summed E-state index contributed by atoms with van der Waals surface area (Å²) in [4.78, 5) is 38.6. The largest absolute Gasteiger partial charge is 0.352 e. The molecule has 3 N–H and O–H groups in total. The number of imide groups is 1. The standard InChI is InChI=1S/C14H14N6O3/c21-11(7-10-13(22)19-14(23)18-10)16-8-9-3-1-4-15-12(9)20-6-2-5-17-20/h1-6,10H,7-8H2,(H,16,21)(H2,18,19,22,23). The maximum absolute atomic E-state index is 11.9. The SMILES string of the molecule is O=C(CC1NC(=O)NC1=O)NCc1cccnc1-n1cccn1. The Kier molecular flexibility index (Phi) is 4.00. The van der Waals surface area contributed by atoms with Crippen molar-refractivity contribution in [1.82, 2.24) is 30.7 Å². The number of carbonyl (C=O) groups is 3. The van der Waals surface area contributed by atoms with E-state index in [2.05, 4.69) is 26.0 Å². The van der Waals surface area contributed by atoms with Gasteiger partial charge in [0.25, 0.3) is 5.91 Å². The van der Waals surface area contributed by atoms with E-state index in [0.29, 0.717) is 5.82 Å². The molecule has 0 aromatic carbocycles. The highest BCUT2D eigenvalue weighted by Gasteiger charge is 2.31. The van der Waals surface area contributed by atoms with Gasteiger partial charge in [-0.3, -0.25) is 14.9 Å². The number of rotatable bonds is 5. The zero-order valence-corrected chi connectivity index (χ0v) is 12.0. The van der Waals surface area contributed by atoms with Gasteiger partial charge >= 0.3 is 6.03 Å². The lowest BCUT2D eigenvalue weighted by Crippen LogP contribution is -2.36. The molecule has 2 aromatic heterocycles. The van der Waals surface area contributed by atoms with Crippen molar-refractivity contribution in [2.24, 2.45) is 0 Å². The number of nitrogens with one attached hydrogen (secondary N) is 3. The van der Waals surface area contributed by atoms with Crippen LogP contribution in [-0.4, -0.2) is 38.7 Å². The van der Waals surface area contributed by atoms with Gasteiger partial charge in [0.1, 0.15) is 6.04 Å². The van der Waals surface area contributed by atoms with Crippen LogP contribution in [0.4, 0.5) is 4.79 Å². The molecule has 1 fully saturated rings. The number of hydrogen-bond acceptors (Lipinski definition) is 5. The van der Waals surface area contributed by atoms with Gasteiger partial charge in [0, 0.05) is 30.7 Å². The number of pyridine rings is 1. The first-order valence-electron chi connectivity index (χ1n) is 6.95. The third-order valence-corrected chi connectivity index (χ3v) is 3.31. The monoisotopic (exact) mass is 314 g/mol. The van der Waals surface area contributed by atoms with Crippen LogP contribution in [0.5, 0.6) is 0 Å². The highest BCUT2D eigenvalue weighted by atomic mass is 16.2. The van der Waals surface area contributed by atoms with Crippen molar-refractivity contribution in [3.05, 3.63) is 42.4 Å². The second-order valence-electron chi connectivity index (χ2n) is 4.93. The summed E-state index contributed by atoms with van der Waals surface area (Å²) < 4.78 is 1.60. The summed E-state index contributed by atoms with van der Waals surface area (Å²) in [5.41, 5.74) is 0.782. The van der Waals surface area contributed by atoms with E-state index < -0.39 is 18.0 Å². The van der Waals surface area contributed by atoms with E-state index in [9.17, 15) is 14.4 Å². The van der Waals surface area contributed by atoms with E-state index in [1.807, 2.05) is 6.07 Å². The highest BCUT2D eigenvalue weighted by Crippen LogP contribution is 2.10. The first-order valence-corrected chi connectivity index (χ1v) is 6.95. The Morgan fingerprint density at radius 1 is 1.30 bits per heavy atom. The number of hydrogen-bond donors (Lipinski definition) is 3. The first-order chi connectivity index (χ1) is 11.1. The predicted molar refractivity (Wildman–Crippen MR) is 78.3 cm³/mol. The Balaban J connectivity index is 1.62. The van der Waals surface area contributed by atoms with Crippen LogP contribution >= 0.6 is 0 Å². The molecule has 1 atom stereocenters. The Bertz CT molecular complexity index is 743. The van der Waals surface area contributed by atoms with Gasteiger partial charge in [-0.25, -0.2) is 14.5 Å². The topological polar surface area (TPSA) is 118 Å². The fourth-order valence-electron chi connectivity index (χ4n) is 2.22. The second kappa shape index (κ2) is 6.26. The maximum Gasteiger partial charge on any atom is 0.322 e. The normalized spacial score (nSPS) is 16.8. The molecule has 3 heterocycles. The van der Waals surface area contributed by atoms with Gasteiger partial charge in [0.15, 0.2) is 5.82 Å². The van der Waals surface area contributed by atoms with Crippen LogP contribution in [0.3, 0.4) is 0 Å². The van der Waals surface area contributed by atoms with Crippen molar-refractivity contribution in [2.75, 3.05) is 0 Å². The molecule has 1 saturated heterocycles. The molecule has 118 valence electrons. The molecule has 9 nitrogen and oxygen atoms in total. The van der Waals surface area contributed by atoms with E-state index in [1.54, 1.807) is 35.4 Å². The number of urea groups is 1. The fraction of sp³-hybridized carbons (Fsp3) is 0.214. The first kappa shape index (κ1) is 14.7. The van der Waals surface area contributed by atoms with Crippen LogP contribution in [0.25, 0.3) is 5.82 Å². The van der Waals surface area contributed by atoms with Crippen molar-refractivity contribution in [1.29, 1.82) is 0 Å². The molecule has 2 aromatic rings. The predicted octanol–water partition coefficient (Wildman–Crippen LogP) is -0.518. The molecule has 1 unspecified atom stereocenters. The summed E-state index contributed by atoms with van der Waals surface area (Å²) in [6, 6.07) is 3.95. The molecule has 4 amide bonds. The lowest BCUT2D eigenvalue weighted by molar-refractivity contribution is -0.126. The van der Waals surface area contributed by atoms with Gasteiger partial charge in [0.05, 0.1) is 6.42 Å². The van der Waals surface area contributed by atoms with Crippen molar-refractivity contribution in [3.8, 4) is 5.82 Å². The molecule has 9 heteroatoms. The molecule has 0 aliphatic carbocycles. The average Bonchev–Trinajstić information content (AvgIpc) is 3.16. The molecule has 3 rings (SSSR count). The zero-order chi connectivity index (χ0) is 16.2. The second-order valence-corrected chi connectivity index (χ2v) is 4.93. The number of amides is 4. The van der Waals surface area contributed by atoms with Crippen molar-refractivity contribution in [2.45, 2.75) is 19.0 Å². The van der Waals surface area contributed by atoms with Crippen LogP contribution in [0, 0.1) is 0 Å². The van der Waals surface area contributed by atoms with Crippen molar-refractivity contribution >= 4 is 17.8 Å². The Hall–Kier alpha value is -3.23. The molecule has 0 saturated carbocycles. The van der Waals surface area contributed by atoms with Gasteiger partial charge in [-0.1, -0.05) is 6.07 Å². The van der Waals surface area contributed by atoms with Crippen molar-refractivity contribution in [3.63, 3.8) is 0 Å². The van der Waals surface area contributed by atoms with Crippen LogP contribution in [0.2, 0.25) is 0 Å². The summed E-state index contributed by atoms with van der Waals surface area (Å²) in [7, 11) is 0. The molecular weight excluding hydrogens is 300 g/mol. The quantitative estimate of drug-likeness (QED) is 0.642. The summed E-state index contributed by atoms with van der Waals surface area (Å²) in [5, 5.41) is 11.3. The van der Waals surface area contributed by atoms with E-state index in [4.69, 9.17) is 0 Å². The van der Waals surface area contributed by atoms with Gasteiger partial charge in [0.2, 0.25) is 5.91 Å². The van der Waals surface area contributed by atoms with E-state index >= 15 is 0 Å². The Morgan fingerprint density at radius 3 is 2.87 bits per heavy atom. The van der Waals surface area contributed by atoms with E-state index in [-0.39, 0.29) is 18.9 Å². The third-order valence-electron chi connectivity index (χ3n) is 3.31. The minimum Gasteiger partial charge on any atom is -0.352 e. The van der Waals surface area contributed by atoms with Crippen LogP contribution in [0.1, 0.15) is 12.0 Å². The Labute approximate surface area is 131 Å². The number of aromatic nitrogens is 3. The summed E-state index contributed by atoms with van der Waals surface area (Å²) in [5.74, 6) is -0.226. The van der Waals surface area contributed by atoms with E-state index in [0.717, 1.165) is 5.56 Å². The molecule has 0 spiro atoms. The molecular formula is C14H14N6O3. The summed E-state index contributed by atoms with van der Waals surface area (Å²) in [6.07, 6.45) is 4.92. The van der Waals surface area contributed by atoms with Crippen LogP contribution in [-0.2, 0) is 16.1 Å². The van der Waals surface area contributed by atoms with Gasteiger partial charge in [-0.15, -0.1) is 0 Å². The molecule has 1 aliphatic rings. The molecule has 0 radical (unpaired) electrons. The van der Waals surface area contributed by atoms with Gasteiger partial charge < -0.3 is 10.6 Å².